The number of benzene rings is 2. The Morgan fingerprint density at radius 1 is 1.08 bits per heavy atom. The van der Waals surface area contributed by atoms with Gasteiger partial charge in [0.2, 0.25) is 5.76 Å². The lowest BCUT2D eigenvalue weighted by Crippen LogP contribution is -2.17. The van der Waals surface area contributed by atoms with Crippen LogP contribution in [0.25, 0.3) is 0 Å². The molecule has 0 bridgehead atoms. The summed E-state index contributed by atoms with van der Waals surface area (Å²) in [6.45, 7) is 0. The van der Waals surface area contributed by atoms with Crippen molar-refractivity contribution in [3.05, 3.63) is 89.6 Å². The topological polar surface area (TPSA) is 80.9 Å². The summed E-state index contributed by atoms with van der Waals surface area (Å²) in [5.41, 5.74) is 3.22. The van der Waals surface area contributed by atoms with Gasteiger partial charge in [0.15, 0.2) is 0 Å². The minimum atomic E-state index is -0.617. The number of hydrogen-bond acceptors (Lipinski definition) is 5. The molecule has 0 aliphatic carbocycles. The first-order valence-corrected chi connectivity index (χ1v) is 7.56. The Morgan fingerprint density at radius 2 is 1.88 bits per heavy atom. The smallest absolute Gasteiger partial charge is 0.379 e. The van der Waals surface area contributed by atoms with Crippen LogP contribution in [0.1, 0.15) is 26.5 Å². The van der Waals surface area contributed by atoms with E-state index in [9.17, 15) is 14.0 Å². The molecule has 0 radical (unpaired) electrons. The molecule has 7 heteroatoms. The van der Waals surface area contributed by atoms with Gasteiger partial charge in [0.25, 0.3) is 5.91 Å². The van der Waals surface area contributed by atoms with Crippen LogP contribution in [0.15, 0.2) is 76.4 Å². The van der Waals surface area contributed by atoms with Gasteiger partial charge in [-0.15, -0.1) is 0 Å². The van der Waals surface area contributed by atoms with E-state index in [0.717, 1.165) is 0 Å². The predicted molar refractivity (Wildman–Crippen MR) is 91.6 cm³/mol. The van der Waals surface area contributed by atoms with Gasteiger partial charge in [0.05, 0.1) is 12.5 Å². The van der Waals surface area contributed by atoms with Crippen LogP contribution >= 0.6 is 0 Å². The fourth-order valence-electron chi connectivity index (χ4n) is 2.04. The summed E-state index contributed by atoms with van der Waals surface area (Å²) in [4.78, 5) is 23.7. The first-order valence-electron chi connectivity index (χ1n) is 7.56. The summed E-state index contributed by atoms with van der Waals surface area (Å²) in [7, 11) is 0. The van der Waals surface area contributed by atoms with E-state index in [4.69, 9.17) is 9.15 Å². The van der Waals surface area contributed by atoms with E-state index >= 15 is 0 Å². The van der Waals surface area contributed by atoms with Crippen LogP contribution < -0.4 is 10.2 Å². The number of halogens is 1. The first-order chi connectivity index (χ1) is 12.6. The van der Waals surface area contributed by atoms with Gasteiger partial charge < -0.3 is 9.15 Å². The molecule has 0 aliphatic heterocycles. The number of nitrogens with zero attached hydrogens (tertiary/aromatic N) is 1. The van der Waals surface area contributed by atoms with E-state index in [1.807, 2.05) is 0 Å². The van der Waals surface area contributed by atoms with Gasteiger partial charge in [-0.25, -0.2) is 14.6 Å². The molecule has 130 valence electrons. The molecular weight excluding hydrogens is 339 g/mol. The van der Waals surface area contributed by atoms with E-state index < -0.39 is 17.7 Å². The molecule has 0 spiro atoms. The van der Waals surface area contributed by atoms with E-state index in [-0.39, 0.29) is 11.3 Å². The second kappa shape index (κ2) is 7.89. The largest absolute Gasteiger partial charge is 0.457 e. The number of rotatable bonds is 5. The maximum Gasteiger partial charge on any atom is 0.379 e. The third-order valence-corrected chi connectivity index (χ3v) is 3.28. The summed E-state index contributed by atoms with van der Waals surface area (Å²) < 4.78 is 23.0. The number of esters is 1. The zero-order valence-corrected chi connectivity index (χ0v) is 13.4. The molecule has 6 nitrogen and oxygen atoms in total. The highest BCUT2D eigenvalue weighted by atomic mass is 19.1. The van der Waals surface area contributed by atoms with E-state index in [2.05, 4.69) is 10.5 Å². The molecule has 0 saturated carbocycles. The highest BCUT2D eigenvalue weighted by Gasteiger charge is 2.11. The molecule has 1 N–H and O–H groups in total. The number of hydrogen-bond donors (Lipinski definition) is 1. The third kappa shape index (κ3) is 4.41. The Balaban J connectivity index is 1.61. The molecule has 0 atom stereocenters. The summed E-state index contributed by atoms with van der Waals surface area (Å²) >= 11 is 0. The lowest BCUT2D eigenvalue weighted by atomic mass is 10.2. The van der Waals surface area contributed by atoms with Crippen molar-refractivity contribution in [3.8, 4) is 5.75 Å². The number of carbonyl (C=O) groups excluding carboxylic acids is 2. The number of ether oxygens (including phenoxy) is 1. The van der Waals surface area contributed by atoms with Crippen molar-refractivity contribution in [2.24, 2.45) is 5.10 Å². The zero-order chi connectivity index (χ0) is 18.4. The van der Waals surface area contributed by atoms with E-state index in [1.54, 1.807) is 30.3 Å². The SMILES string of the molecule is O=C(N/N=C\c1cccc(OC(=O)c2ccco2)c1)c1ccc(F)cc1. The molecule has 0 unspecified atom stereocenters. The minimum Gasteiger partial charge on any atom is -0.457 e. The molecule has 1 heterocycles. The fourth-order valence-corrected chi connectivity index (χ4v) is 2.04. The van der Waals surface area contributed by atoms with Gasteiger partial charge in [0, 0.05) is 5.56 Å². The number of amides is 1. The van der Waals surface area contributed by atoms with E-state index in [1.165, 1.54) is 42.8 Å². The molecule has 3 rings (SSSR count). The molecule has 0 saturated heterocycles. The van der Waals surface area contributed by atoms with Gasteiger partial charge >= 0.3 is 5.97 Å². The summed E-state index contributed by atoms with van der Waals surface area (Å²) in [6, 6.07) is 14.8. The number of nitrogens with one attached hydrogen (secondary N) is 1. The van der Waals surface area contributed by atoms with Crippen molar-refractivity contribution in [1.82, 2.24) is 5.43 Å². The van der Waals surface area contributed by atoms with Crippen molar-refractivity contribution in [3.63, 3.8) is 0 Å². The lowest BCUT2D eigenvalue weighted by molar-refractivity contribution is 0.0701. The quantitative estimate of drug-likeness (QED) is 0.330. The maximum absolute atomic E-state index is 12.8. The Hall–Kier alpha value is -3.74. The Kier molecular flexibility index (Phi) is 5.19. The van der Waals surface area contributed by atoms with Gasteiger partial charge in [-0.2, -0.15) is 5.10 Å². The van der Waals surface area contributed by atoms with Crippen molar-refractivity contribution in [1.29, 1.82) is 0 Å². The molecule has 1 amide bonds. The van der Waals surface area contributed by atoms with Crippen LogP contribution in [0.3, 0.4) is 0 Å². The standard InChI is InChI=1S/C19H13FN2O4/c20-15-8-6-14(7-9-15)18(23)22-21-12-13-3-1-4-16(11-13)26-19(24)17-5-2-10-25-17/h1-12H,(H,22,23)/b21-12-. The monoisotopic (exact) mass is 352 g/mol. The first kappa shape index (κ1) is 17.1. The van der Waals surface area contributed by atoms with Gasteiger partial charge in [-0.3, -0.25) is 4.79 Å². The number of hydrazone groups is 1. The maximum atomic E-state index is 12.8. The molecule has 3 aromatic rings. The highest BCUT2D eigenvalue weighted by molar-refractivity contribution is 5.95. The number of carbonyl (C=O) groups is 2. The Labute approximate surface area is 147 Å². The summed E-state index contributed by atoms with van der Waals surface area (Å²) in [5.74, 6) is -1.11. The van der Waals surface area contributed by atoms with Crippen LogP contribution in [0, 0.1) is 5.82 Å². The molecule has 26 heavy (non-hydrogen) atoms. The average molecular weight is 352 g/mol. The molecule has 2 aromatic carbocycles. The van der Waals surface area contributed by atoms with Crippen molar-refractivity contribution >= 4 is 18.1 Å². The van der Waals surface area contributed by atoms with Crippen LogP contribution in [0.4, 0.5) is 4.39 Å². The average Bonchev–Trinajstić information content (AvgIpc) is 3.17. The molecule has 1 aromatic heterocycles. The van der Waals surface area contributed by atoms with Crippen LogP contribution in [0.5, 0.6) is 5.75 Å². The fraction of sp³-hybridized carbons (Fsp3) is 0. The zero-order valence-electron chi connectivity index (χ0n) is 13.4. The third-order valence-electron chi connectivity index (χ3n) is 3.28. The Morgan fingerprint density at radius 3 is 2.62 bits per heavy atom. The number of furan rings is 1. The van der Waals surface area contributed by atoms with Gasteiger partial charge in [-0.05, 0) is 54.1 Å². The Bertz CT molecular complexity index is 934. The highest BCUT2D eigenvalue weighted by Crippen LogP contribution is 2.14. The van der Waals surface area contributed by atoms with Crippen LogP contribution in [-0.2, 0) is 0 Å². The summed E-state index contributed by atoms with van der Waals surface area (Å²) in [6.07, 6.45) is 2.77. The predicted octanol–water partition coefficient (Wildman–Crippen LogP) is 3.40. The lowest BCUT2D eigenvalue weighted by Gasteiger charge is -2.03. The second-order valence-electron chi connectivity index (χ2n) is 5.15. The normalized spacial score (nSPS) is 10.7. The van der Waals surface area contributed by atoms with Crippen LogP contribution in [-0.4, -0.2) is 18.1 Å². The van der Waals surface area contributed by atoms with Crippen molar-refractivity contribution in [2.75, 3.05) is 0 Å². The van der Waals surface area contributed by atoms with Crippen molar-refractivity contribution in [2.45, 2.75) is 0 Å². The van der Waals surface area contributed by atoms with E-state index in [0.29, 0.717) is 11.3 Å². The van der Waals surface area contributed by atoms with Crippen LogP contribution in [0.2, 0.25) is 0 Å². The van der Waals surface area contributed by atoms with Gasteiger partial charge in [-0.1, -0.05) is 12.1 Å². The van der Waals surface area contributed by atoms with Crippen molar-refractivity contribution < 1.29 is 23.1 Å². The molecular formula is C19H13FN2O4. The molecule has 0 fully saturated rings. The summed E-state index contributed by atoms with van der Waals surface area (Å²) in [5, 5.41) is 3.83. The minimum absolute atomic E-state index is 0.0932. The second-order valence-corrected chi connectivity index (χ2v) is 5.15. The van der Waals surface area contributed by atoms with Gasteiger partial charge in [0.1, 0.15) is 11.6 Å². The molecule has 0 aliphatic rings.